The topological polar surface area (TPSA) is 89.1 Å². The normalized spacial score (nSPS) is 26.0. The fourth-order valence-electron chi connectivity index (χ4n) is 3.11. The molecule has 0 aromatic rings. The Morgan fingerprint density at radius 3 is 2.61 bits per heavy atom. The second kappa shape index (κ2) is 8.28. The summed E-state index contributed by atoms with van der Waals surface area (Å²) in [6.45, 7) is 6.54. The van der Waals surface area contributed by atoms with E-state index in [1.807, 2.05) is 0 Å². The van der Waals surface area contributed by atoms with Crippen LogP contribution in [0.2, 0.25) is 0 Å². The Morgan fingerprint density at radius 2 is 2.00 bits per heavy atom. The zero-order valence-corrected chi connectivity index (χ0v) is 14.2. The Balaban J connectivity index is 1.71. The van der Waals surface area contributed by atoms with Gasteiger partial charge >= 0.3 is 6.03 Å². The largest absolute Gasteiger partial charge is 0.394 e. The van der Waals surface area contributed by atoms with Crippen molar-refractivity contribution in [2.24, 2.45) is 0 Å². The van der Waals surface area contributed by atoms with Gasteiger partial charge in [0.1, 0.15) is 0 Å². The van der Waals surface area contributed by atoms with E-state index >= 15 is 0 Å². The third-order valence-corrected chi connectivity index (χ3v) is 4.52. The molecule has 2 rings (SSSR count). The number of hydrogen-bond donors (Lipinski definition) is 3. The van der Waals surface area contributed by atoms with E-state index in [4.69, 9.17) is 19.3 Å². The molecule has 3 N–H and O–H groups in total. The van der Waals surface area contributed by atoms with Gasteiger partial charge in [0.15, 0.2) is 0 Å². The summed E-state index contributed by atoms with van der Waals surface area (Å²) in [5.74, 6) is 0. The molecular formula is C16H30N2O5. The predicted molar refractivity (Wildman–Crippen MR) is 85.4 cm³/mol. The van der Waals surface area contributed by atoms with Crippen LogP contribution in [0.5, 0.6) is 0 Å². The highest BCUT2D eigenvalue weighted by Crippen LogP contribution is 2.28. The third kappa shape index (κ3) is 5.91. The van der Waals surface area contributed by atoms with Crippen molar-refractivity contribution < 1.29 is 24.1 Å². The molecule has 0 aliphatic carbocycles. The number of carbonyl (C=O) groups is 1. The molecule has 2 saturated heterocycles. The number of rotatable bonds is 7. The summed E-state index contributed by atoms with van der Waals surface area (Å²) in [6, 6.07) is -0.211. The maximum atomic E-state index is 12.0. The quantitative estimate of drug-likeness (QED) is 0.642. The first kappa shape index (κ1) is 18.4. The molecule has 0 unspecified atom stereocenters. The number of carbonyl (C=O) groups excluding carboxylic acids is 1. The zero-order valence-electron chi connectivity index (χ0n) is 14.2. The summed E-state index contributed by atoms with van der Waals surface area (Å²) in [4.78, 5) is 12.0. The summed E-state index contributed by atoms with van der Waals surface area (Å²) in [5.41, 5.74) is -0.530. The van der Waals surface area contributed by atoms with Crippen molar-refractivity contribution in [2.75, 3.05) is 39.5 Å². The predicted octanol–water partition coefficient (Wildman–Crippen LogP) is 0.801. The van der Waals surface area contributed by atoms with Crippen LogP contribution in [-0.4, -0.2) is 68.0 Å². The highest BCUT2D eigenvalue weighted by Gasteiger charge is 2.34. The van der Waals surface area contributed by atoms with Gasteiger partial charge in [0.2, 0.25) is 0 Å². The van der Waals surface area contributed by atoms with Crippen LogP contribution in [0.15, 0.2) is 0 Å². The van der Waals surface area contributed by atoms with Gasteiger partial charge in [-0.15, -0.1) is 0 Å². The van der Waals surface area contributed by atoms with Crippen LogP contribution < -0.4 is 10.6 Å². The Hall–Kier alpha value is -0.890. The lowest BCUT2D eigenvalue weighted by atomic mass is 9.94. The van der Waals surface area contributed by atoms with Gasteiger partial charge in [0.05, 0.1) is 30.5 Å². The molecule has 2 aliphatic rings. The molecule has 2 amide bonds. The van der Waals surface area contributed by atoms with E-state index < -0.39 is 5.60 Å². The fraction of sp³-hybridized carbons (Fsp3) is 0.938. The van der Waals surface area contributed by atoms with E-state index in [1.54, 1.807) is 0 Å². The molecule has 0 aromatic heterocycles. The van der Waals surface area contributed by atoms with Gasteiger partial charge in [-0.05, 0) is 26.7 Å². The minimum Gasteiger partial charge on any atom is -0.394 e. The number of ether oxygens (including phenoxy) is 3. The van der Waals surface area contributed by atoms with Crippen LogP contribution in [0.4, 0.5) is 4.79 Å². The Bertz CT molecular complexity index is 383. The number of hydrogen-bond acceptors (Lipinski definition) is 5. The smallest absolute Gasteiger partial charge is 0.314 e. The van der Waals surface area contributed by atoms with Crippen molar-refractivity contribution in [3.05, 3.63) is 0 Å². The minimum absolute atomic E-state index is 0.0242. The highest BCUT2D eigenvalue weighted by molar-refractivity contribution is 5.73. The molecular weight excluding hydrogens is 300 g/mol. The SMILES string of the molecule is CC1(C)CC[C@H](CNC(=O)NCC2(OCCO)CCOCC2)O1. The summed E-state index contributed by atoms with van der Waals surface area (Å²) >= 11 is 0. The summed E-state index contributed by atoms with van der Waals surface area (Å²) < 4.78 is 17.0. The van der Waals surface area contributed by atoms with Gasteiger partial charge < -0.3 is 30.0 Å². The maximum absolute atomic E-state index is 12.0. The van der Waals surface area contributed by atoms with Crippen molar-refractivity contribution in [1.82, 2.24) is 10.6 Å². The average Bonchev–Trinajstić information content (AvgIpc) is 2.89. The second-order valence-corrected chi connectivity index (χ2v) is 6.97. The van der Waals surface area contributed by atoms with Gasteiger partial charge in [-0.1, -0.05) is 0 Å². The Morgan fingerprint density at radius 1 is 1.26 bits per heavy atom. The zero-order chi connectivity index (χ0) is 16.8. The van der Waals surface area contributed by atoms with Gasteiger partial charge in [-0.3, -0.25) is 0 Å². The third-order valence-electron chi connectivity index (χ3n) is 4.52. The maximum Gasteiger partial charge on any atom is 0.314 e. The molecule has 0 aromatic carbocycles. The lowest BCUT2D eigenvalue weighted by Crippen LogP contribution is -2.51. The van der Waals surface area contributed by atoms with Gasteiger partial charge in [-0.25, -0.2) is 4.79 Å². The van der Waals surface area contributed by atoms with Gasteiger partial charge in [-0.2, -0.15) is 0 Å². The number of aliphatic hydroxyl groups excluding tert-OH is 1. The minimum atomic E-state index is -0.440. The van der Waals surface area contributed by atoms with Crippen LogP contribution in [0.3, 0.4) is 0 Å². The van der Waals surface area contributed by atoms with Crippen molar-refractivity contribution in [3.63, 3.8) is 0 Å². The summed E-state index contributed by atoms with van der Waals surface area (Å²) in [6.07, 6.45) is 3.49. The molecule has 0 radical (unpaired) electrons. The van der Waals surface area contributed by atoms with E-state index in [-0.39, 0.29) is 30.9 Å². The summed E-state index contributed by atoms with van der Waals surface area (Å²) in [7, 11) is 0. The van der Waals surface area contributed by atoms with E-state index in [1.165, 1.54) is 0 Å². The van der Waals surface area contributed by atoms with Crippen molar-refractivity contribution in [2.45, 2.75) is 56.8 Å². The van der Waals surface area contributed by atoms with E-state index in [0.29, 0.717) is 39.1 Å². The van der Waals surface area contributed by atoms with E-state index in [9.17, 15) is 4.79 Å². The molecule has 0 saturated carbocycles. The molecule has 2 fully saturated rings. The molecule has 1 atom stereocenters. The first-order valence-corrected chi connectivity index (χ1v) is 8.47. The summed E-state index contributed by atoms with van der Waals surface area (Å²) in [5, 5.41) is 14.7. The van der Waals surface area contributed by atoms with E-state index in [2.05, 4.69) is 24.5 Å². The van der Waals surface area contributed by atoms with Crippen LogP contribution in [0, 0.1) is 0 Å². The second-order valence-electron chi connectivity index (χ2n) is 6.97. The lowest BCUT2D eigenvalue weighted by molar-refractivity contribution is -0.114. The van der Waals surface area contributed by atoms with Crippen molar-refractivity contribution in [3.8, 4) is 0 Å². The van der Waals surface area contributed by atoms with Crippen LogP contribution in [0.25, 0.3) is 0 Å². The number of amides is 2. The number of aliphatic hydroxyl groups is 1. The molecule has 7 heteroatoms. The Labute approximate surface area is 138 Å². The van der Waals surface area contributed by atoms with Crippen molar-refractivity contribution in [1.29, 1.82) is 0 Å². The monoisotopic (exact) mass is 330 g/mol. The number of nitrogens with one attached hydrogen (secondary N) is 2. The van der Waals surface area contributed by atoms with Gasteiger partial charge in [0.25, 0.3) is 0 Å². The van der Waals surface area contributed by atoms with Crippen LogP contribution >= 0.6 is 0 Å². The molecule has 0 bridgehead atoms. The first-order valence-electron chi connectivity index (χ1n) is 8.47. The molecule has 0 spiro atoms. The van der Waals surface area contributed by atoms with Crippen LogP contribution in [0.1, 0.15) is 39.5 Å². The van der Waals surface area contributed by atoms with Gasteiger partial charge in [0, 0.05) is 39.1 Å². The van der Waals surface area contributed by atoms with E-state index in [0.717, 1.165) is 12.8 Å². The lowest BCUT2D eigenvalue weighted by Gasteiger charge is -2.37. The molecule has 7 nitrogen and oxygen atoms in total. The molecule has 2 aliphatic heterocycles. The molecule has 2 heterocycles. The van der Waals surface area contributed by atoms with Crippen LogP contribution in [-0.2, 0) is 14.2 Å². The molecule has 23 heavy (non-hydrogen) atoms. The number of urea groups is 1. The first-order chi connectivity index (χ1) is 10.9. The average molecular weight is 330 g/mol. The van der Waals surface area contributed by atoms with Crippen molar-refractivity contribution >= 4 is 6.03 Å². The fourth-order valence-corrected chi connectivity index (χ4v) is 3.11. The highest BCUT2D eigenvalue weighted by atomic mass is 16.5. The molecule has 134 valence electrons. The Kier molecular flexibility index (Phi) is 6.64. The standard InChI is InChI=1S/C16H30N2O5/c1-15(2)4-3-13(23-15)11-17-14(20)18-12-16(22-10-7-19)5-8-21-9-6-16/h13,19H,3-12H2,1-2H3,(H2,17,18,20)/t13-/m1/s1.